The molecule has 1 heterocycles. The van der Waals surface area contributed by atoms with E-state index in [0.717, 1.165) is 16.9 Å². The first kappa shape index (κ1) is 21.4. The second-order valence-corrected chi connectivity index (χ2v) is 10.2. The monoisotopic (exact) mass is 432 g/mol. The summed E-state index contributed by atoms with van der Waals surface area (Å²) in [5.41, 5.74) is 2.31. The Hall–Kier alpha value is -2.32. The molecule has 1 aliphatic rings. The molecule has 0 bridgehead atoms. The molecule has 0 fully saturated rings. The highest BCUT2D eigenvalue weighted by atomic mass is 32.2. The first-order chi connectivity index (χ1) is 13.8. The first-order valence-corrected chi connectivity index (χ1v) is 12.1. The summed E-state index contributed by atoms with van der Waals surface area (Å²) in [5, 5.41) is 5.51. The lowest BCUT2D eigenvalue weighted by Crippen LogP contribution is -2.20. The Kier molecular flexibility index (Phi) is 6.64. The highest BCUT2D eigenvalue weighted by Gasteiger charge is 2.23. The van der Waals surface area contributed by atoms with Crippen molar-refractivity contribution in [2.75, 3.05) is 22.1 Å². The Morgan fingerprint density at radius 1 is 1.21 bits per heavy atom. The molecule has 0 radical (unpaired) electrons. The third kappa shape index (κ3) is 5.39. The molecule has 1 aliphatic heterocycles. The number of hydrogen-bond donors (Lipinski definition) is 2. The maximum absolute atomic E-state index is 12.7. The van der Waals surface area contributed by atoms with E-state index in [0.29, 0.717) is 17.1 Å². The van der Waals surface area contributed by atoms with Gasteiger partial charge in [-0.1, -0.05) is 26.0 Å². The number of anilines is 2. The van der Waals surface area contributed by atoms with Crippen LogP contribution < -0.4 is 10.6 Å². The van der Waals surface area contributed by atoms with Crippen molar-refractivity contribution < 1.29 is 18.0 Å². The minimum absolute atomic E-state index is 0.104. The molecular formula is C21H24N2O4S2. The standard InChI is InChI=1S/C21H24N2O4S2/c1-3-15-4-6-16(7-5-15)22-20(24)10-11-29(26,27)17-8-9-19-18(12-17)23-21(25)14(2)13-28-19/h4-9,12,14H,3,10-11,13H2,1-2H3,(H,22,24)(H,23,25)/t14-/m1/s1. The smallest absolute Gasteiger partial charge is 0.228 e. The van der Waals surface area contributed by atoms with E-state index in [2.05, 4.69) is 10.6 Å². The summed E-state index contributed by atoms with van der Waals surface area (Å²) in [6.45, 7) is 3.88. The van der Waals surface area contributed by atoms with Gasteiger partial charge in [0.25, 0.3) is 0 Å². The van der Waals surface area contributed by atoms with Gasteiger partial charge in [0, 0.05) is 28.7 Å². The Morgan fingerprint density at radius 2 is 1.93 bits per heavy atom. The van der Waals surface area contributed by atoms with Crippen LogP contribution >= 0.6 is 11.8 Å². The number of carbonyl (C=O) groups is 2. The highest BCUT2D eigenvalue weighted by Crippen LogP contribution is 2.34. The van der Waals surface area contributed by atoms with Crippen molar-refractivity contribution in [2.45, 2.75) is 36.5 Å². The SMILES string of the molecule is CCc1ccc(NC(=O)CCS(=O)(=O)c2ccc3c(c2)NC(=O)[C@H](C)CS3)cc1. The molecule has 0 aliphatic carbocycles. The van der Waals surface area contributed by atoms with Gasteiger partial charge in [0.05, 0.1) is 16.3 Å². The van der Waals surface area contributed by atoms with Gasteiger partial charge >= 0.3 is 0 Å². The Bertz CT molecular complexity index is 1020. The fraction of sp³-hybridized carbons (Fsp3) is 0.333. The summed E-state index contributed by atoms with van der Waals surface area (Å²) < 4.78 is 25.4. The van der Waals surface area contributed by atoms with Crippen molar-refractivity contribution in [3.8, 4) is 0 Å². The van der Waals surface area contributed by atoms with E-state index in [1.54, 1.807) is 18.2 Å². The lowest BCUT2D eigenvalue weighted by Gasteiger charge is -2.10. The third-order valence-corrected chi connectivity index (χ3v) is 7.80. The molecule has 0 aromatic heterocycles. The molecule has 0 saturated heterocycles. The number of sulfone groups is 1. The zero-order valence-electron chi connectivity index (χ0n) is 16.4. The summed E-state index contributed by atoms with van der Waals surface area (Å²) in [6.07, 6.45) is 0.762. The van der Waals surface area contributed by atoms with Crippen LogP contribution in [0.4, 0.5) is 11.4 Å². The van der Waals surface area contributed by atoms with Gasteiger partial charge < -0.3 is 10.6 Å². The molecular weight excluding hydrogens is 408 g/mol. The molecule has 2 N–H and O–H groups in total. The van der Waals surface area contributed by atoms with Crippen LogP contribution in [0.3, 0.4) is 0 Å². The van der Waals surface area contributed by atoms with E-state index in [9.17, 15) is 18.0 Å². The average Bonchev–Trinajstić information content (AvgIpc) is 2.85. The fourth-order valence-electron chi connectivity index (χ4n) is 2.86. The van der Waals surface area contributed by atoms with Gasteiger partial charge in [-0.3, -0.25) is 9.59 Å². The number of hydrogen-bond acceptors (Lipinski definition) is 5. The number of rotatable bonds is 6. The summed E-state index contributed by atoms with van der Waals surface area (Å²) in [7, 11) is -3.66. The minimum atomic E-state index is -3.66. The molecule has 6 nitrogen and oxygen atoms in total. The highest BCUT2D eigenvalue weighted by molar-refractivity contribution is 7.99. The number of carbonyl (C=O) groups excluding carboxylic acids is 2. The molecule has 2 aromatic rings. The number of thioether (sulfide) groups is 1. The molecule has 0 saturated carbocycles. The van der Waals surface area contributed by atoms with Crippen LogP contribution in [0.5, 0.6) is 0 Å². The van der Waals surface area contributed by atoms with Crippen LogP contribution in [-0.4, -0.2) is 31.7 Å². The molecule has 0 unspecified atom stereocenters. The topological polar surface area (TPSA) is 92.3 Å². The fourth-order valence-corrected chi connectivity index (χ4v) is 5.14. The van der Waals surface area contributed by atoms with E-state index in [1.165, 1.54) is 23.9 Å². The van der Waals surface area contributed by atoms with Crippen molar-refractivity contribution in [3.63, 3.8) is 0 Å². The predicted molar refractivity (Wildman–Crippen MR) is 116 cm³/mol. The number of fused-ring (bicyclic) bond motifs is 1. The minimum Gasteiger partial charge on any atom is -0.326 e. The van der Waals surface area contributed by atoms with Crippen LogP contribution in [-0.2, 0) is 25.8 Å². The normalized spacial score (nSPS) is 16.5. The van der Waals surface area contributed by atoms with Crippen LogP contribution in [0.1, 0.15) is 25.8 Å². The maximum Gasteiger partial charge on any atom is 0.228 e. The van der Waals surface area contributed by atoms with Gasteiger partial charge in [-0.05, 0) is 42.3 Å². The lowest BCUT2D eigenvalue weighted by molar-refractivity contribution is -0.118. The Morgan fingerprint density at radius 3 is 2.62 bits per heavy atom. The van der Waals surface area contributed by atoms with Crippen molar-refractivity contribution in [1.82, 2.24) is 0 Å². The van der Waals surface area contributed by atoms with Crippen molar-refractivity contribution in [2.24, 2.45) is 5.92 Å². The summed E-state index contributed by atoms with van der Waals surface area (Å²) >= 11 is 1.52. The predicted octanol–water partition coefficient (Wildman–Crippen LogP) is 3.73. The summed E-state index contributed by atoms with van der Waals surface area (Å²) in [6, 6.07) is 12.2. The summed E-state index contributed by atoms with van der Waals surface area (Å²) in [4.78, 5) is 25.2. The Balaban J connectivity index is 1.65. The second-order valence-electron chi connectivity index (χ2n) is 7.03. The number of amides is 2. The first-order valence-electron chi connectivity index (χ1n) is 9.48. The molecule has 2 aromatic carbocycles. The number of nitrogens with one attached hydrogen (secondary N) is 2. The van der Waals surface area contributed by atoms with E-state index in [1.807, 2.05) is 26.0 Å². The van der Waals surface area contributed by atoms with Crippen molar-refractivity contribution in [3.05, 3.63) is 48.0 Å². The van der Waals surface area contributed by atoms with Gasteiger partial charge in [0.15, 0.2) is 9.84 Å². The zero-order chi connectivity index (χ0) is 21.0. The van der Waals surface area contributed by atoms with Crippen LogP contribution in [0.15, 0.2) is 52.3 Å². The number of benzene rings is 2. The molecule has 8 heteroatoms. The van der Waals surface area contributed by atoms with E-state index < -0.39 is 9.84 Å². The molecule has 1 atom stereocenters. The molecule has 2 amide bonds. The second kappa shape index (κ2) is 9.00. The van der Waals surface area contributed by atoms with Gasteiger partial charge in [0.1, 0.15) is 0 Å². The van der Waals surface area contributed by atoms with Gasteiger partial charge in [0.2, 0.25) is 11.8 Å². The lowest BCUT2D eigenvalue weighted by atomic mass is 10.1. The van der Waals surface area contributed by atoms with Gasteiger partial charge in [-0.25, -0.2) is 8.42 Å². The van der Waals surface area contributed by atoms with E-state index >= 15 is 0 Å². The van der Waals surface area contributed by atoms with Crippen LogP contribution in [0.2, 0.25) is 0 Å². The Labute approximate surface area is 175 Å². The number of aryl methyl sites for hydroxylation is 1. The zero-order valence-corrected chi connectivity index (χ0v) is 18.0. The average molecular weight is 433 g/mol. The largest absolute Gasteiger partial charge is 0.326 e. The van der Waals surface area contributed by atoms with E-state index in [-0.39, 0.29) is 34.8 Å². The molecule has 154 valence electrons. The van der Waals surface area contributed by atoms with Crippen molar-refractivity contribution in [1.29, 1.82) is 0 Å². The molecule has 3 rings (SSSR count). The quantitative estimate of drug-likeness (QED) is 0.726. The summed E-state index contributed by atoms with van der Waals surface area (Å²) in [5.74, 6) is -0.293. The van der Waals surface area contributed by atoms with Gasteiger partial charge in [-0.2, -0.15) is 0 Å². The van der Waals surface area contributed by atoms with Crippen LogP contribution in [0.25, 0.3) is 0 Å². The molecule has 29 heavy (non-hydrogen) atoms. The van der Waals surface area contributed by atoms with E-state index in [4.69, 9.17) is 0 Å². The van der Waals surface area contributed by atoms with Crippen LogP contribution in [0, 0.1) is 5.92 Å². The van der Waals surface area contributed by atoms with Crippen molar-refractivity contribution >= 4 is 44.8 Å². The third-order valence-electron chi connectivity index (χ3n) is 4.75. The van der Waals surface area contributed by atoms with Gasteiger partial charge in [-0.15, -0.1) is 11.8 Å². The maximum atomic E-state index is 12.7. The molecule has 0 spiro atoms.